The monoisotopic (exact) mass is 263 g/mol. The smallest absolute Gasteiger partial charge is 0.409 e. The lowest BCUT2D eigenvalue weighted by Crippen LogP contribution is -2.49. The first-order valence-corrected chi connectivity index (χ1v) is 6.65. The van der Waals surface area contributed by atoms with Crippen molar-refractivity contribution in [2.45, 2.75) is 13.8 Å². The average molecular weight is 263 g/mol. The van der Waals surface area contributed by atoms with E-state index < -0.39 is 0 Å². The highest BCUT2D eigenvalue weighted by molar-refractivity contribution is 5.69. The van der Waals surface area contributed by atoms with Gasteiger partial charge in [0.05, 0.1) is 6.61 Å². The number of piperazine rings is 1. The Balaban J connectivity index is 2.00. The fourth-order valence-electron chi connectivity index (χ4n) is 2.33. The molecule has 19 heavy (non-hydrogen) atoms. The Labute approximate surface area is 113 Å². The van der Waals surface area contributed by atoms with Crippen molar-refractivity contribution in [2.24, 2.45) is 0 Å². The van der Waals surface area contributed by atoms with Crippen LogP contribution >= 0.6 is 0 Å². The SMILES string of the molecule is CCOC(=O)N1CCN(c2cccc(N)c2C)CC1. The topological polar surface area (TPSA) is 58.8 Å². The van der Waals surface area contributed by atoms with Gasteiger partial charge in [-0.15, -0.1) is 0 Å². The van der Waals surface area contributed by atoms with Gasteiger partial charge in [-0.3, -0.25) is 0 Å². The Morgan fingerprint density at radius 1 is 1.32 bits per heavy atom. The molecule has 1 amide bonds. The number of hydrogen-bond donors (Lipinski definition) is 1. The van der Waals surface area contributed by atoms with Crippen molar-refractivity contribution in [1.29, 1.82) is 0 Å². The number of nitrogens with zero attached hydrogens (tertiary/aromatic N) is 2. The van der Waals surface area contributed by atoms with Crippen LogP contribution in [0.25, 0.3) is 0 Å². The van der Waals surface area contributed by atoms with Crippen molar-refractivity contribution >= 4 is 17.5 Å². The van der Waals surface area contributed by atoms with Gasteiger partial charge in [0.2, 0.25) is 0 Å². The van der Waals surface area contributed by atoms with E-state index in [4.69, 9.17) is 10.5 Å². The molecule has 0 atom stereocenters. The van der Waals surface area contributed by atoms with Crippen molar-refractivity contribution in [2.75, 3.05) is 43.4 Å². The summed E-state index contributed by atoms with van der Waals surface area (Å²) >= 11 is 0. The minimum atomic E-state index is -0.216. The number of ether oxygens (including phenoxy) is 1. The van der Waals surface area contributed by atoms with Crippen molar-refractivity contribution < 1.29 is 9.53 Å². The molecule has 1 aromatic carbocycles. The zero-order chi connectivity index (χ0) is 13.8. The number of hydrogen-bond acceptors (Lipinski definition) is 4. The fraction of sp³-hybridized carbons (Fsp3) is 0.500. The Hall–Kier alpha value is -1.91. The van der Waals surface area contributed by atoms with Crippen LogP contribution in [0.2, 0.25) is 0 Å². The second kappa shape index (κ2) is 5.82. The molecule has 0 bridgehead atoms. The maximum Gasteiger partial charge on any atom is 0.409 e. The number of nitrogens with two attached hydrogens (primary N) is 1. The molecule has 1 heterocycles. The molecule has 0 unspecified atom stereocenters. The summed E-state index contributed by atoms with van der Waals surface area (Å²) in [6, 6.07) is 5.95. The molecule has 0 radical (unpaired) electrons. The number of carbonyl (C=O) groups is 1. The number of amides is 1. The minimum absolute atomic E-state index is 0.216. The van der Waals surface area contributed by atoms with Crippen molar-refractivity contribution in [3.63, 3.8) is 0 Å². The minimum Gasteiger partial charge on any atom is -0.450 e. The zero-order valence-electron chi connectivity index (χ0n) is 11.6. The zero-order valence-corrected chi connectivity index (χ0v) is 11.6. The molecule has 104 valence electrons. The number of nitrogen functional groups attached to an aromatic ring is 1. The summed E-state index contributed by atoms with van der Waals surface area (Å²) in [6.07, 6.45) is -0.216. The van der Waals surface area contributed by atoms with Crippen molar-refractivity contribution in [1.82, 2.24) is 4.90 Å². The molecule has 5 heteroatoms. The summed E-state index contributed by atoms with van der Waals surface area (Å²) < 4.78 is 5.01. The van der Waals surface area contributed by atoms with Crippen molar-refractivity contribution in [3.8, 4) is 0 Å². The maximum atomic E-state index is 11.6. The average Bonchev–Trinajstić information content (AvgIpc) is 2.42. The molecule has 2 rings (SSSR count). The lowest BCUT2D eigenvalue weighted by molar-refractivity contribution is 0.105. The standard InChI is InChI=1S/C14H21N3O2/c1-3-19-14(18)17-9-7-16(8-10-17)13-6-4-5-12(15)11(13)2/h4-6H,3,7-10,15H2,1-2H3. The van der Waals surface area contributed by atoms with Crippen LogP contribution in [0.5, 0.6) is 0 Å². The first-order chi connectivity index (χ1) is 9.13. The van der Waals surface area contributed by atoms with Gasteiger partial charge in [-0.1, -0.05) is 6.07 Å². The van der Waals surface area contributed by atoms with E-state index in [9.17, 15) is 4.79 Å². The molecule has 1 fully saturated rings. The van der Waals surface area contributed by atoms with Crippen LogP contribution in [0.3, 0.4) is 0 Å². The quantitative estimate of drug-likeness (QED) is 0.827. The molecule has 1 aliphatic heterocycles. The number of benzene rings is 1. The highest BCUT2D eigenvalue weighted by Crippen LogP contribution is 2.25. The summed E-state index contributed by atoms with van der Waals surface area (Å²) in [6.45, 7) is 7.27. The molecule has 0 aromatic heterocycles. The number of anilines is 2. The summed E-state index contributed by atoms with van der Waals surface area (Å²) in [7, 11) is 0. The normalized spacial score (nSPS) is 15.5. The van der Waals surface area contributed by atoms with E-state index in [0.717, 1.165) is 30.0 Å². The first kappa shape index (κ1) is 13.5. The second-order valence-electron chi connectivity index (χ2n) is 4.66. The third-order valence-electron chi connectivity index (χ3n) is 3.49. The van der Waals surface area contributed by atoms with Crippen molar-refractivity contribution in [3.05, 3.63) is 23.8 Å². The van der Waals surface area contributed by atoms with Crippen LogP contribution in [0, 0.1) is 6.92 Å². The van der Waals surface area contributed by atoms with Gasteiger partial charge >= 0.3 is 6.09 Å². The lowest BCUT2D eigenvalue weighted by Gasteiger charge is -2.36. The Kier molecular flexibility index (Phi) is 4.14. The van der Waals surface area contributed by atoms with Gasteiger partial charge in [0.15, 0.2) is 0 Å². The van der Waals surface area contributed by atoms with Gasteiger partial charge in [-0.25, -0.2) is 4.79 Å². The van der Waals surface area contributed by atoms with Gasteiger partial charge in [0, 0.05) is 37.6 Å². The Morgan fingerprint density at radius 2 is 2.00 bits per heavy atom. The molecule has 1 aliphatic rings. The fourth-order valence-corrected chi connectivity index (χ4v) is 2.33. The van der Waals surface area contributed by atoms with Gasteiger partial charge in [0.1, 0.15) is 0 Å². The van der Waals surface area contributed by atoms with E-state index in [0.29, 0.717) is 19.7 Å². The van der Waals surface area contributed by atoms with E-state index in [1.807, 2.05) is 26.0 Å². The largest absolute Gasteiger partial charge is 0.450 e. The van der Waals surface area contributed by atoms with Crippen LogP contribution in [0.4, 0.5) is 16.2 Å². The maximum absolute atomic E-state index is 11.6. The molecular formula is C14H21N3O2. The Bertz CT molecular complexity index is 454. The summed E-state index contributed by atoms with van der Waals surface area (Å²) in [4.78, 5) is 15.6. The molecule has 0 aliphatic carbocycles. The van der Waals surface area contributed by atoms with Crippen LogP contribution in [-0.4, -0.2) is 43.8 Å². The highest BCUT2D eigenvalue weighted by Gasteiger charge is 2.22. The lowest BCUT2D eigenvalue weighted by atomic mass is 10.1. The molecule has 1 saturated heterocycles. The van der Waals surface area contributed by atoms with Crippen LogP contribution in [0.15, 0.2) is 18.2 Å². The highest BCUT2D eigenvalue weighted by atomic mass is 16.6. The van der Waals surface area contributed by atoms with Gasteiger partial charge in [-0.05, 0) is 31.5 Å². The van der Waals surface area contributed by atoms with E-state index in [-0.39, 0.29) is 6.09 Å². The van der Waals surface area contributed by atoms with Gasteiger partial charge in [-0.2, -0.15) is 0 Å². The molecule has 5 nitrogen and oxygen atoms in total. The molecule has 1 aromatic rings. The summed E-state index contributed by atoms with van der Waals surface area (Å²) in [5.41, 5.74) is 9.00. The third kappa shape index (κ3) is 2.92. The van der Waals surface area contributed by atoms with E-state index in [2.05, 4.69) is 11.0 Å². The predicted octanol–water partition coefficient (Wildman–Crippen LogP) is 1.86. The third-order valence-corrected chi connectivity index (χ3v) is 3.49. The van der Waals surface area contributed by atoms with E-state index >= 15 is 0 Å². The van der Waals surface area contributed by atoms with Crippen LogP contribution < -0.4 is 10.6 Å². The van der Waals surface area contributed by atoms with E-state index in [1.54, 1.807) is 4.90 Å². The first-order valence-electron chi connectivity index (χ1n) is 6.65. The van der Waals surface area contributed by atoms with E-state index in [1.165, 1.54) is 0 Å². The van der Waals surface area contributed by atoms with Gasteiger partial charge < -0.3 is 20.3 Å². The number of carbonyl (C=O) groups excluding carboxylic acids is 1. The van der Waals surface area contributed by atoms with Crippen LogP contribution in [0.1, 0.15) is 12.5 Å². The summed E-state index contributed by atoms with van der Waals surface area (Å²) in [5.74, 6) is 0. The Morgan fingerprint density at radius 3 is 2.63 bits per heavy atom. The predicted molar refractivity (Wildman–Crippen MR) is 76.4 cm³/mol. The molecule has 0 spiro atoms. The molecule has 2 N–H and O–H groups in total. The number of rotatable bonds is 2. The van der Waals surface area contributed by atoms with Crippen LogP contribution in [-0.2, 0) is 4.74 Å². The second-order valence-corrected chi connectivity index (χ2v) is 4.66. The van der Waals surface area contributed by atoms with Gasteiger partial charge in [0.25, 0.3) is 0 Å². The molecular weight excluding hydrogens is 242 g/mol. The molecule has 0 saturated carbocycles. The summed E-state index contributed by atoms with van der Waals surface area (Å²) in [5, 5.41) is 0.